The normalized spacial score (nSPS) is 19.8. The number of ether oxygens (including phenoxy) is 1. The number of carboxylic acid groups (broad SMARTS) is 1. The van der Waals surface area contributed by atoms with Crippen LogP contribution in [0.1, 0.15) is 13.3 Å². The van der Waals surface area contributed by atoms with Crippen molar-refractivity contribution in [3.63, 3.8) is 0 Å². The standard InChI is InChI=1S/C15H25N5O5/c1-3-5-16-14(20-15(24)25-4-2)19-8-10-6-11(17-7-10)13(23)18-9-12(21)22/h3,10-11,17H,1,4-9H2,2H3,(H,18,23)(H,21,22)(H2,16,19,20,24)/t10-,11+/m1/s1. The maximum Gasteiger partial charge on any atom is 0.413 e. The average molecular weight is 355 g/mol. The number of carbonyl (C=O) groups is 3. The summed E-state index contributed by atoms with van der Waals surface area (Å²) in [6, 6.07) is -0.442. The zero-order valence-corrected chi connectivity index (χ0v) is 14.2. The fourth-order valence-electron chi connectivity index (χ4n) is 2.23. The zero-order chi connectivity index (χ0) is 18.7. The van der Waals surface area contributed by atoms with E-state index in [0.717, 1.165) is 0 Å². The first kappa shape index (κ1) is 20.4. The minimum atomic E-state index is -1.09. The van der Waals surface area contributed by atoms with Crippen molar-refractivity contribution in [2.24, 2.45) is 10.9 Å². The topological polar surface area (TPSA) is 141 Å². The van der Waals surface area contributed by atoms with Crippen molar-refractivity contribution in [3.05, 3.63) is 12.7 Å². The van der Waals surface area contributed by atoms with E-state index in [1.165, 1.54) is 0 Å². The van der Waals surface area contributed by atoms with Gasteiger partial charge in [-0.1, -0.05) is 6.08 Å². The maximum atomic E-state index is 11.8. The van der Waals surface area contributed by atoms with E-state index in [9.17, 15) is 14.4 Å². The number of carbonyl (C=O) groups excluding carboxylic acids is 2. The number of carboxylic acids is 1. The summed E-state index contributed by atoms with van der Waals surface area (Å²) in [6.07, 6.45) is 1.55. The highest BCUT2D eigenvalue weighted by atomic mass is 16.5. The number of aliphatic imine (C=N–C) groups is 1. The molecule has 0 aliphatic carbocycles. The molecule has 1 rings (SSSR count). The van der Waals surface area contributed by atoms with Crippen LogP contribution in [-0.4, -0.2) is 67.9 Å². The quantitative estimate of drug-likeness (QED) is 0.215. The fourth-order valence-corrected chi connectivity index (χ4v) is 2.23. The van der Waals surface area contributed by atoms with Crippen LogP contribution in [0.25, 0.3) is 0 Å². The maximum absolute atomic E-state index is 11.8. The summed E-state index contributed by atoms with van der Waals surface area (Å²) in [4.78, 5) is 38.1. The third kappa shape index (κ3) is 8.15. The Morgan fingerprint density at radius 2 is 2.16 bits per heavy atom. The van der Waals surface area contributed by atoms with Gasteiger partial charge in [0.05, 0.1) is 12.6 Å². The number of nitrogens with zero attached hydrogens (tertiary/aromatic N) is 1. The number of nitrogens with one attached hydrogen (secondary N) is 4. The molecular formula is C15H25N5O5. The van der Waals surface area contributed by atoms with Gasteiger partial charge >= 0.3 is 12.1 Å². The molecule has 0 spiro atoms. The van der Waals surface area contributed by atoms with Gasteiger partial charge in [-0.3, -0.25) is 19.9 Å². The van der Waals surface area contributed by atoms with Gasteiger partial charge in [0.15, 0.2) is 0 Å². The van der Waals surface area contributed by atoms with Crippen molar-refractivity contribution in [3.8, 4) is 0 Å². The predicted octanol–water partition coefficient (Wildman–Crippen LogP) is -0.957. The van der Waals surface area contributed by atoms with Crippen LogP contribution < -0.4 is 21.3 Å². The second kappa shape index (κ2) is 11.0. The van der Waals surface area contributed by atoms with Gasteiger partial charge in [-0.25, -0.2) is 4.79 Å². The zero-order valence-electron chi connectivity index (χ0n) is 14.2. The number of hydrogen-bond acceptors (Lipinski definition) is 6. The molecule has 5 N–H and O–H groups in total. The summed E-state index contributed by atoms with van der Waals surface area (Å²) >= 11 is 0. The Labute approximate surface area is 146 Å². The molecule has 1 heterocycles. The summed E-state index contributed by atoms with van der Waals surface area (Å²) in [7, 11) is 0. The van der Waals surface area contributed by atoms with E-state index >= 15 is 0 Å². The summed E-state index contributed by atoms with van der Waals surface area (Å²) < 4.78 is 4.81. The van der Waals surface area contributed by atoms with E-state index in [0.29, 0.717) is 26.1 Å². The van der Waals surface area contributed by atoms with E-state index in [2.05, 4.69) is 32.8 Å². The van der Waals surface area contributed by atoms with Crippen LogP contribution in [0.4, 0.5) is 4.79 Å². The molecule has 0 unspecified atom stereocenters. The van der Waals surface area contributed by atoms with Crippen molar-refractivity contribution in [2.75, 3.05) is 32.8 Å². The molecular weight excluding hydrogens is 330 g/mol. The van der Waals surface area contributed by atoms with Crippen LogP contribution in [0.5, 0.6) is 0 Å². The molecule has 1 fully saturated rings. The van der Waals surface area contributed by atoms with Gasteiger partial charge < -0.3 is 25.8 Å². The summed E-state index contributed by atoms with van der Waals surface area (Å²) in [5, 5.41) is 19.4. The average Bonchev–Trinajstić information content (AvgIpc) is 3.04. The molecule has 0 saturated carbocycles. The monoisotopic (exact) mass is 355 g/mol. The number of amides is 2. The Bertz CT molecular complexity index is 522. The second-order valence-electron chi connectivity index (χ2n) is 5.38. The van der Waals surface area contributed by atoms with Crippen LogP contribution in [0.15, 0.2) is 17.6 Å². The smallest absolute Gasteiger partial charge is 0.413 e. The molecule has 25 heavy (non-hydrogen) atoms. The van der Waals surface area contributed by atoms with Gasteiger partial charge in [-0.05, 0) is 19.3 Å². The van der Waals surface area contributed by atoms with Crippen molar-refractivity contribution in [1.82, 2.24) is 21.3 Å². The fraction of sp³-hybridized carbons (Fsp3) is 0.600. The van der Waals surface area contributed by atoms with Gasteiger partial charge in [0, 0.05) is 19.6 Å². The van der Waals surface area contributed by atoms with Gasteiger partial charge in [-0.15, -0.1) is 6.58 Å². The van der Waals surface area contributed by atoms with Crippen LogP contribution in [0, 0.1) is 5.92 Å². The number of alkyl carbamates (subject to hydrolysis) is 1. The van der Waals surface area contributed by atoms with Gasteiger partial charge in [0.25, 0.3) is 0 Å². The molecule has 1 aliphatic rings. The first-order valence-electron chi connectivity index (χ1n) is 8.02. The Morgan fingerprint density at radius 1 is 1.40 bits per heavy atom. The van der Waals surface area contributed by atoms with E-state index < -0.39 is 24.6 Å². The van der Waals surface area contributed by atoms with Crippen molar-refractivity contribution >= 4 is 23.9 Å². The van der Waals surface area contributed by atoms with E-state index in [4.69, 9.17) is 9.84 Å². The van der Waals surface area contributed by atoms with Crippen molar-refractivity contribution < 1.29 is 24.2 Å². The number of hydrogen-bond donors (Lipinski definition) is 5. The van der Waals surface area contributed by atoms with E-state index in [-0.39, 0.29) is 24.4 Å². The van der Waals surface area contributed by atoms with Crippen molar-refractivity contribution in [2.45, 2.75) is 19.4 Å². The van der Waals surface area contributed by atoms with Crippen molar-refractivity contribution in [1.29, 1.82) is 0 Å². The second-order valence-corrected chi connectivity index (χ2v) is 5.38. The first-order chi connectivity index (χ1) is 12.0. The molecule has 1 aliphatic heterocycles. The molecule has 0 bridgehead atoms. The molecule has 10 nitrogen and oxygen atoms in total. The lowest BCUT2D eigenvalue weighted by molar-refractivity contribution is -0.138. The Balaban J connectivity index is 2.50. The van der Waals surface area contributed by atoms with Gasteiger partial charge in [0.2, 0.25) is 11.9 Å². The Hall–Kier alpha value is -2.62. The number of rotatable bonds is 8. The molecule has 0 radical (unpaired) electrons. The van der Waals surface area contributed by atoms with E-state index in [1.54, 1.807) is 13.0 Å². The molecule has 10 heteroatoms. The third-order valence-corrected chi connectivity index (χ3v) is 3.37. The number of guanidine groups is 1. The highest BCUT2D eigenvalue weighted by molar-refractivity contribution is 5.94. The Kier molecular flexibility index (Phi) is 9.01. The Morgan fingerprint density at radius 3 is 2.80 bits per heavy atom. The van der Waals surface area contributed by atoms with Gasteiger partial charge in [-0.2, -0.15) is 0 Å². The van der Waals surface area contributed by atoms with E-state index in [1.807, 2.05) is 0 Å². The lowest BCUT2D eigenvalue weighted by Gasteiger charge is -2.12. The number of aliphatic carboxylic acids is 1. The first-order valence-corrected chi connectivity index (χ1v) is 8.02. The molecule has 2 atom stereocenters. The van der Waals surface area contributed by atoms with Crippen LogP contribution >= 0.6 is 0 Å². The summed E-state index contributed by atoms with van der Waals surface area (Å²) in [5.41, 5.74) is 0. The molecule has 1 saturated heterocycles. The molecule has 2 amide bonds. The summed E-state index contributed by atoms with van der Waals surface area (Å²) in [6.45, 7) is 6.52. The third-order valence-electron chi connectivity index (χ3n) is 3.37. The minimum Gasteiger partial charge on any atom is -0.480 e. The SMILES string of the molecule is C=CCNC(=NC[C@H]1CN[C@H](C(=O)NCC(=O)O)C1)NC(=O)OCC. The largest absolute Gasteiger partial charge is 0.480 e. The lowest BCUT2D eigenvalue weighted by atomic mass is 10.1. The molecule has 140 valence electrons. The van der Waals surface area contributed by atoms with Crippen LogP contribution in [-0.2, 0) is 14.3 Å². The highest BCUT2D eigenvalue weighted by Gasteiger charge is 2.29. The lowest BCUT2D eigenvalue weighted by Crippen LogP contribution is -2.42. The summed E-state index contributed by atoms with van der Waals surface area (Å²) in [5.74, 6) is -1.07. The molecule has 0 aromatic rings. The van der Waals surface area contributed by atoms with Gasteiger partial charge in [0.1, 0.15) is 6.54 Å². The predicted molar refractivity (Wildman–Crippen MR) is 91.2 cm³/mol. The van der Waals surface area contributed by atoms with Crippen LogP contribution in [0.2, 0.25) is 0 Å². The molecule has 0 aromatic carbocycles. The highest BCUT2D eigenvalue weighted by Crippen LogP contribution is 2.14. The molecule has 0 aromatic heterocycles. The van der Waals surface area contributed by atoms with Crippen LogP contribution in [0.3, 0.4) is 0 Å². The minimum absolute atomic E-state index is 0.0881.